The van der Waals surface area contributed by atoms with Crippen LogP contribution in [0.5, 0.6) is 0 Å². The first-order chi connectivity index (χ1) is 7.61. The van der Waals surface area contributed by atoms with E-state index in [1.807, 2.05) is 7.05 Å². The van der Waals surface area contributed by atoms with Crippen LogP contribution in [0.3, 0.4) is 0 Å². The Morgan fingerprint density at radius 2 is 2.25 bits per heavy atom. The zero-order valence-corrected chi connectivity index (χ0v) is 10.9. The lowest BCUT2D eigenvalue weighted by atomic mass is 10.2. The average molecular weight is 235 g/mol. The van der Waals surface area contributed by atoms with Gasteiger partial charge in [-0.1, -0.05) is 6.08 Å². The molecule has 3 nitrogen and oxygen atoms in total. The minimum Gasteiger partial charge on any atom is -0.314 e. The van der Waals surface area contributed by atoms with E-state index in [0.717, 1.165) is 10.7 Å². The molecular formula is C12H17N3S. The van der Waals surface area contributed by atoms with Crippen molar-refractivity contribution < 1.29 is 0 Å². The van der Waals surface area contributed by atoms with E-state index in [-0.39, 0.29) is 0 Å². The van der Waals surface area contributed by atoms with Crippen molar-refractivity contribution in [1.29, 1.82) is 0 Å². The fraction of sp³-hybridized carbons (Fsp3) is 0.417. The zero-order valence-electron chi connectivity index (χ0n) is 10.1. The Morgan fingerprint density at radius 3 is 2.94 bits per heavy atom. The summed E-state index contributed by atoms with van der Waals surface area (Å²) in [5.74, 6) is 0. The molecule has 1 unspecified atom stereocenters. The highest BCUT2D eigenvalue weighted by Gasteiger charge is 2.08. The summed E-state index contributed by atoms with van der Waals surface area (Å²) in [4.78, 5) is 6.91. The van der Waals surface area contributed by atoms with Gasteiger partial charge in [-0.25, -0.2) is 4.98 Å². The van der Waals surface area contributed by atoms with Crippen molar-refractivity contribution in [3.63, 3.8) is 0 Å². The van der Waals surface area contributed by atoms with Crippen LogP contribution in [-0.4, -0.2) is 22.5 Å². The Bertz CT molecular complexity index is 522. The maximum absolute atomic E-state index is 4.55. The quantitative estimate of drug-likeness (QED) is 0.886. The van der Waals surface area contributed by atoms with E-state index in [1.54, 1.807) is 11.3 Å². The highest BCUT2D eigenvalue weighted by Crippen LogP contribution is 2.21. The van der Waals surface area contributed by atoms with Crippen molar-refractivity contribution >= 4 is 22.4 Å². The molecule has 0 aliphatic rings. The van der Waals surface area contributed by atoms with Gasteiger partial charge in [0.25, 0.3) is 0 Å². The highest BCUT2D eigenvalue weighted by molar-refractivity contribution is 7.17. The van der Waals surface area contributed by atoms with Crippen molar-refractivity contribution in [2.75, 3.05) is 7.05 Å². The number of nitrogens with zero attached hydrogens (tertiary/aromatic N) is 2. The number of rotatable bonds is 3. The van der Waals surface area contributed by atoms with Gasteiger partial charge in [0.05, 0.1) is 11.4 Å². The monoisotopic (exact) mass is 235 g/mol. The van der Waals surface area contributed by atoms with E-state index in [4.69, 9.17) is 0 Å². The van der Waals surface area contributed by atoms with Gasteiger partial charge < -0.3 is 5.32 Å². The molecule has 86 valence electrons. The zero-order chi connectivity index (χ0) is 11.7. The Labute approximate surface area is 99.8 Å². The highest BCUT2D eigenvalue weighted by atomic mass is 32.1. The van der Waals surface area contributed by atoms with Gasteiger partial charge in [-0.15, -0.1) is 11.3 Å². The van der Waals surface area contributed by atoms with Crippen molar-refractivity contribution in [1.82, 2.24) is 14.7 Å². The summed E-state index contributed by atoms with van der Waals surface area (Å²) in [6.07, 6.45) is 6.44. The molecule has 0 spiro atoms. The van der Waals surface area contributed by atoms with Gasteiger partial charge in [-0.3, -0.25) is 4.40 Å². The Morgan fingerprint density at radius 1 is 1.50 bits per heavy atom. The van der Waals surface area contributed by atoms with Crippen LogP contribution >= 0.6 is 11.3 Å². The molecule has 0 radical (unpaired) electrons. The van der Waals surface area contributed by atoms with Gasteiger partial charge in [-0.2, -0.15) is 0 Å². The summed E-state index contributed by atoms with van der Waals surface area (Å²) in [6, 6.07) is 0.379. The fourth-order valence-corrected chi connectivity index (χ4v) is 2.49. The van der Waals surface area contributed by atoms with Gasteiger partial charge >= 0.3 is 0 Å². The Kier molecular flexibility index (Phi) is 3.12. The fourth-order valence-electron chi connectivity index (χ4n) is 1.61. The lowest BCUT2D eigenvalue weighted by Crippen LogP contribution is -2.17. The SMILES string of the molecule is CNC(C)/C=C/c1c(C)nc2sc(C)cn12. The number of thiazole rings is 1. The third-order valence-corrected chi connectivity index (χ3v) is 3.56. The third-order valence-electron chi connectivity index (χ3n) is 2.66. The smallest absolute Gasteiger partial charge is 0.194 e. The minimum atomic E-state index is 0.379. The van der Waals surface area contributed by atoms with E-state index in [1.165, 1.54) is 10.6 Å². The predicted molar refractivity (Wildman–Crippen MR) is 70.1 cm³/mol. The number of aromatic nitrogens is 2. The van der Waals surface area contributed by atoms with Crippen molar-refractivity contribution in [3.8, 4) is 0 Å². The molecule has 1 N–H and O–H groups in total. The average Bonchev–Trinajstić information content (AvgIpc) is 2.71. The molecule has 0 aliphatic heterocycles. The van der Waals surface area contributed by atoms with Gasteiger partial charge in [0.1, 0.15) is 0 Å². The Hall–Kier alpha value is -1.13. The predicted octanol–water partition coefficient (Wildman–Crippen LogP) is 2.63. The maximum Gasteiger partial charge on any atom is 0.194 e. The summed E-state index contributed by atoms with van der Waals surface area (Å²) < 4.78 is 2.16. The molecule has 4 heteroatoms. The molecule has 0 amide bonds. The van der Waals surface area contributed by atoms with E-state index < -0.39 is 0 Å². The summed E-state index contributed by atoms with van der Waals surface area (Å²) >= 11 is 1.73. The summed E-state index contributed by atoms with van der Waals surface area (Å²) in [7, 11) is 1.96. The summed E-state index contributed by atoms with van der Waals surface area (Å²) in [5, 5.41) is 3.19. The lowest BCUT2D eigenvalue weighted by molar-refractivity contribution is 0.731. The molecule has 0 aliphatic carbocycles. The number of aryl methyl sites for hydroxylation is 2. The first kappa shape index (κ1) is 11.4. The normalized spacial score (nSPS) is 14.0. The van der Waals surface area contributed by atoms with E-state index in [2.05, 4.69) is 53.8 Å². The molecule has 2 aromatic rings. The van der Waals surface area contributed by atoms with Crippen molar-refractivity contribution in [2.45, 2.75) is 26.8 Å². The molecular weight excluding hydrogens is 218 g/mol. The van der Waals surface area contributed by atoms with Crippen LogP contribution in [0.2, 0.25) is 0 Å². The Balaban J connectivity index is 2.42. The molecule has 16 heavy (non-hydrogen) atoms. The standard InChI is InChI=1S/C12H17N3S/c1-8(13-4)5-6-11-10(3)14-12-15(11)7-9(2)16-12/h5-8,13H,1-4H3/b6-5+. The molecule has 2 heterocycles. The first-order valence-corrected chi connectivity index (χ1v) is 6.24. The second kappa shape index (κ2) is 4.39. The van der Waals surface area contributed by atoms with Crippen molar-refractivity contribution in [2.24, 2.45) is 0 Å². The number of hydrogen-bond acceptors (Lipinski definition) is 3. The van der Waals surface area contributed by atoms with Crippen LogP contribution in [0.25, 0.3) is 11.0 Å². The number of hydrogen-bond donors (Lipinski definition) is 1. The molecule has 0 aromatic carbocycles. The molecule has 0 fully saturated rings. The second-order valence-electron chi connectivity index (χ2n) is 4.01. The third kappa shape index (κ3) is 2.03. The lowest BCUT2D eigenvalue weighted by Gasteiger charge is -2.02. The summed E-state index contributed by atoms with van der Waals surface area (Å²) in [6.45, 7) is 6.29. The van der Waals surface area contributed by atoms with Crippen LogP contribution in [0.15, 0.2) is 12.3 Å². The molecule has 0 bridgehead atoms. The van der Waals surface area contributed by atoms with Crippen molar-refractivity contribution in [3.05, 3.63) is 28.5 Å². The number of fused-ring (bicyclic) bond motifs is 1. The van der Waals surface area contributed by atoms with Crippen LogP contribution in [0.1, 0.15) is 23.2 Å². The molecule has 0 saturated carbocycles. The largest absolute Gasteiger partial charge is 0.314 e. The molecule has 2 aromatic heterocycles. The molecule has 2 rings (SSSR count). The topological polar surface area (TPSA) is 29.3 Å². The first-order valence-electron chi connectivity index (χ1n) is 5.42. The van der Waals surface area contributed by atoms with Crippen LogP contribution in [0.4, 0.5) is 0 Å². The van der Waals surface area contributed by atoms with Gasteiger partial charge in [-0.05, 0) is 33.9 Å². The second-order valence-corrected chi connectivity index (χ2v) is 5.23. The number of nitrogens with one attached hydrogen (secondary N) is 1. The minimum absolute atomic E-state index is 0.379. The van der Waals surface area contributed by atoms with Gasteiger partial charge in [0, 0.05) is 17.1 Å². The number of imidazole rings is 1. The van der Waals surface area contributed by atoms with E-state index >= 15 is 0 Å². The molecule has 1 atom stereocenters. The summed E-state index contributed by atoms with van der Waals surface area (Å²) in [5.41, 5.74) is 2.27. The van der Waals surface area contributed by atoms with E-state index in [9.17, 15) is 0 Å². The molecule has 0 saturated heterocycles. The van der Waals surface area contributed by atoms with E-state index in [0.29, 0.717) is 6.04 Å². The van der Waals surface area contributed by atoms with Crippen LogP contribution in [-0.2, 0) is 0 Å². The maximum atomic E-state index is 4.55. The number of likely N-dealkylation sites (N-methyl/N-ethyl adjacent to an activating group) is 1. The van der Waals surface area contributed by atoms with Crippen LogP contribution in [0, 0.1) is 13.8 Å². The van der Waals surface area contributed by atoms with Gasteiger partial charge in [0.2, 0.25) is 0 Å². The van der Waals surface area contributed by atoms with Gasteiger partial charge in [0.15, 0.2) is 4.96 Å². The van der Waals surface area contributed by atoms with Crippen LogP contribution < -0.4 is 5.32 Å².